The van der Waals surface area contributed by atoms with E-state index < -0.39 is 5.91 Å². The molecule has 2 heterocycles. The number of nitrogens with one attached hydrogen (secondary N) is 2. The molecule has 0 atom stereocenters. The Bertz CT molecular complexity index is 988. The van der Waals surface area contributed by atoms with Gasteiger partial charge in [0.25, 0.3) is 5.91 Å². The van der Waals surface area contributed by atoms with Gasteiger partial charge in [-0.25, -0.2) is 4.98 Å². The van der Waals surface area contributed by atoms with Crippen molar-refractivity contribution in [1.82, 2.24) is 19.7 Å². The van der Waals surface area contributed by atoms with Crippen LogP contribution in [0.15, 0.2) is 42.9 Å². The lowest BCUT2D eigenvalue weighted by molar-refractivity contribution is 0.100. The number of nitriles is 1. The van der Waals surface area contributed by atoms with Crippen molar-refractivity contribution >= 4 is 23.4 Å². The zero-order valence-electron chi connectivity index (χ0n) is 14.0. The molecule has 4 N–H and O–H groups in total. The summed E-state index contributed by atoms with van der Waals surface area (Å²) >= 11 is 0. The first-order valence-corrected chi connectivity index (χ1v) is 7.71. The Morgan fingerprint density at radius 3 is 2.85 bits per heavy atom. The van der Waals surface area contributed by atoms with Gasteiger partial charge >= 0.3 is 0 Å². The first-order chi connectivity index (χ1) is 12.6. The van der Waals surface area contributed by atoms with Crippen molar-refractivity contribution in [2.45, 2.75) is 6.54 Å². The summed E-state index contributed by atoms with van der Waals surface area (Å²) in [7, 11) is 1.79. The molecule has 0 aliphatic carbocycles. The van der Waals surface area contributed by atoms with Crippen molar-refractivity contribution in [2.75, 3.05) is 10.6 Å². The first-order valence-electron chi connectivity index (χ1n) is 7.71. The Morgan fingerprint density at radius 2 is 2.15 bits per heavy atom. The number of nitrogens with zero attached hydrogens (tertiary/aromatic N) is 5. The Hall–Kier alpha value is -3.93. The van der Waals surface area contributed by atoms with Gasteiger partial charge in [-0.2, -0.15) is 15.3 Å². The van der Waals surface area contributed by atoms with E-state index >= 15 is 0 Å². The van der Waals surface area contributed by atoms with E-state index in [2.05, 4.69) is 31.8 Å². The number of hydrogen-bond acceptors (Lipinski definition) is 7. The summed E-state index contributed by atoms with van der Waals surface area (Å²) in [4.78, 5) is 20.1. The lowest BCUT2D eigenvalue weighted by Gasteiger charge is -2.11. The van der Waals surface area contributed by atoms with Crippen LogP contribution in [0, 0.1) is 11.3 Å². The molecular formula is C17H16N8O. The minimum atomic E-state index is -0.644. The number of aromatic nitrogens is 4. The smallest absolute Gasteiger partial charge is 0.254 e. The number of primary amides is 1. The number of nitrogens with two attached hydrogens (primary N) is 1. The van der Waals surface area contributed by atoms with E-state index in [0.29, 0.717) is 23.7 Å². The van der Waals surface area contributed by atoms with Crippen molar-refractivity contribution < 1.29 is 4.79 Å². The van der Waals surface area contributed by atoms with Gasteiger partial charge in [-0.3, -0.25) is 9.48 Å². The van der Waals surface area contributed by atoms with Crippen molar-refractivity contribution in [3.05, 3.63) is 59.5 Å². The number of benzene rings is 1. The Balaban J connectivity index is 1.85. The molecule has 0 radical (unpaired) electrons. The van der Waals surface area contributed by atoms with E-state index in [0.717, 1.165) is 5.56 Å². The van der Waals surface area contributed by atoms with Gasteiger partial charge in [-0.05, 0) is 11.6 Å². The fourth-order valence-corrected chi connectivity index (χ4v) is 2.33. The minimum Gasteiger partial charge on any atom is -0.365 e. The molecule has 3 rings (SSSR count). The van der Waals surface area contributed by atoms with E-state index in [9.17, 15) is 10.1 Å². The van der Waals surface area contributed by atoms with E-state index in [1.807, 2.05) is 12.1 Å². The third kappa shape index (κ3) is 3.76. The average Bonchev–Trinajstić information content (AvgIpc) is 3.04. The predicted octanol–water partition coefficient (Wildman–Crippen LogP) is 1.54. The number of aryl methyl sites for hydroxylation is 1. The highest BCUT2D eigenvalue weighted by Crippen LogP contribution is 2.18. The highest BCUT2D eigenvalue weighted by molar-refractivity contribution is 5.97. The maximum Gasteiger partial charge on any atom is 0.254 e. The monoisotopic (exact) mass is 348 g/mol. The molecule has 0 fully saturated rings. The summed E-state index contributed by atoms with van der Waals surface area (Å²) < 4.78 is 1.64. The first kappa shape index (κ1) is 16.9. The van der Waals surface area contributed by atoms with Crippen LogP contribution in [0.4, 0.5) is 17.5 Å². The van der Waals surface area contributed by atoms with Crippen LogP contribution in [0.2, 0.25) is 0 Å². The normalized spacial score (nSPS) is 10.2. The van der Waals surface area contributed by atoms with Gasteiger partial charge in [-0.1, -0.05) is 18.2 Å². The Morgan fingerprint density at radius 1 is 1.35 bits per heavy atom. The fraction of sp³-hybridized carbons (Fsp3) is 0.118. The van der Waals surface area contributed by atoms with Gasteiger partial charge in [0.1, 0.15) is 5.82 Å². The summed E-state index contributed by atoms with van der Waals surface area (Å²) in [6, 6.07) is 9.30. The van der Waals surface area contributed by atoms with Crippen molar-refractivity contribution in [3.63, 3.8) is 0 Å². The number of rotatable bonds is 6. The van der Waals surface area contributed by atoms with Crippen LogP contribution in [0.1, 0.15) is 21.5 Å². The average molecular weight is 348 g/mol. The second-order valence-electron chi connectivity index (χ2n) is 5.47. The molecule has 3 aromatic rings. The maximum atomic E-state index is 11.6. The van der Waals surface area contributed by atoms with Gasteiger partial charge in [-0.15, -0.1) is 0 Å². The Kier molecular flexibility index (Phi) is 4.76. The summed E-state index contributed by atoms with van der Waals surface area (Å²) in [5.41, 5.74) is 7.60. The molecule has 1 aromatic carbocycles. The molecule has 130 valence electrons. The summed E-state index contributed by atoms with van der Waals surface area (Å²) in [6.45, 7) is 0.313. The van der Waals surface area contributed by atoms with Crippen LogP contribution in [-0.2, 0) is 13.6 Å². The summed E-state index contributed by atoms with van der Waals surface area (Å²) in [6.07, 6.45) is 4.75. The highest BCUT2D eigenvalue weighted by Gasteiger charge is 2.13. The maximum absolute atomic E-state index is 11.6. The van der Waals surface area contributed by atoms with Crippen LogP contribution in [0.3, 0.4) is 0 Å². The predicted molar refractivity (Wildman–Crippen MR) is 95.5 cm³/mol. The number of hydrogen-bond donors (Lipinski definition) is 3. The fourth-order valence-electron chi connectivity index (χ4n) is 2.33. The molecule has 0 aliphatic rings. The van der Waals surface area contributed by atoms with Crippen molar-refractivity contribution in [2.24, 2.45) is 12.8 Å². The highest BCUT2D eigenvalue weighted by atomic mass is 16.1. The third-order valence-corrected chi connectivity index (χ3v) is 3.60. The topological polar surface area (TPSA) is 135 Å². The standard InChI is InChI=1S/C17H16N8O/c1-25-10-13(8-22-25)23-17-21-9-14(15(19)26)16(24-17)20-7-12-5-3-2-4-11(12)6-18/h2-5,8-10H,7H2,1H3,(H2,19,26)(H2,20,21,23,24). The van der Waals surface area contributed by atoms with E-state index in [1.165, 1.54) is 6.20 Å². The minimum absolute atomic E-state index is 0.163. The molecule has 2 aromatic heterocycles. The zero-order chi connectivity index (χ0) is 18.5. The second-order valence-corrected chi connectivity index (χ2v) is 5.47. The van der Waals surface area contributed by atoms with Crippen LogP contribution < -0.4 is 16.4 Å². The quantitative estimate of drug-likeness (QED) is 0.615. The molecule has 0 spiro atoms. The van der Waals surface area contributed by atoms with Gasteiger partial charge < -0.3 is 16.4 Å². The van der Waals surface area contributed by atoms with Crippen molar-refractivity contribution in [1.29, 1.82) is 5.26 Å². The molecular weight excluding hydrogens is 332 g/mol. The molecule has 9 heteroatoms. The number of anilines is 3. The van der Waals surface area contributed by atoms with Gasteiger partial charge in [0.05, 0.1) is 29.1 Å². The molecule has 1 amide bonds. The largest absolute Gasteiger partial charge is 0.365 e. The molecule has 0 bridgehead atoms. The molecule has 0 saturated carbocycles. The van der Waals surface area contributed by atoms with E-state index in [-0.39, 0.29) is 11.4 Å². The Labute approximate surface area is 149 Å². The molecule has 26 heavy (non-hydrogen) atoms. The van der Waals surface area contributed by atoms with E-state index in [1.54, 1.807) is 36.3 Å². The lowest BCUT2D eigenvalue weighted by Crippen LogP contribution is -2.17. The van der Waals surface area contributed by atoms with Crippen LogP contribution in [0.25, 0.3) is 0 Å². The number of carbonyl (C=O) groups excluding carboxylic acids is 1. The van der Waals surface area contributed by atoms with Gasteiger partial charge in [0.2, 0.25) is 5.95 Å². The number of carbonyl (C=O) groups is 1. The molecule has 0 saturated heterocycles. The molecule has 0 aliphatic heterocycles. The molecule has 9 nitrogen and oxygen atoms in total. The lowest BCUT2D eigenvalue weighted by atomic mass is 10.1. The summed E-state index contributed by atoms with van der Waals surface area (Å²) in [5, 5.41) is 19.3. The van der Waals surface area contributed by atoms with E-state index in [4.69, 9.17) is 5.73 Å². The van der Waals surface area contributed by atoms with Crippen LogP contribution in [-0.4, -0.2) is 25.7 Å². The molecule has 0 unspecified atom stereocenters. The number of amides is 1. The van der Waals surface area contributed by atoms with Crippen molar-refractivity contribution in [3.8, 4) is 6.07 Å². The van der Waals surface area contributed by atoms with Gasteiger partial charge in [0, 0.05) is 26.0 Å². The third-order valence-electron chi connectivity index (χ3n) is 3.60. The van der Waals surface area contributed by atoms with Crippen LogP contribution >= 0.6 is 0 Å². The van der Waals surface area contributed by atoms with Crippen LogP contribution in [0.5, 0.6) is 0 Å². The SMILES string of the molecule is Cn1cc(Nc2ncc(C(N)=O)c(NCc3ccccc3C#N)n2)cn1. The van der Waals surface area contributed by atoms with Gasteiger partial charge in [0.15, 0.2) is 0 Å². The summed E-state index contributed by atoms with van der Waals surface area (Å²) in [5.74, 6) is -0.0697. The zero-order valence-corrected chi connectivity index (χ0v) is 14.0. The second kappa shape index (κ2) is 7.31.